The van der Waals surface area contributed by atoms with Gasteiger partial charge in [0.2, 0.25) is 5.91 Å². The number of amides is 1. The Hall–Kier alpha value is -3.99. The summed E-state index contributed by atoms with van der Waals surface area (Å²) >= 11 is 0. The lowest BCUT2D eigenvalue weighted by atomic mass is 9.84. The van der Waals surface area contributed by atoms with Crippen molar-refractivity contribution >= 4 is 5.91 Å². The number of benzene rings is 2. The number of carbonyl (C=O) groups excluding carboxylic acids is 1. The van der Waals surface area contributed by atoms with Crippen molar-refractivity contribution in [1.82, 2.24) is 34.7 Å². The number of nitrogens with zero attached hydrogens (tertiary/aromatic N) is 7. The van der Waals surface area contributed by atoms with E-state index >= 15 is 0 Å². The fourth-order valence-corrected chi connectivity index (χ4v) is 4.46. The van der Waals surface area contributed by atoms with Crippen LogP contribution >= 0.6 is 0 Å². The van der Waals surface area contributed by atoms with Crippen molar-refractivity contribution in [3.8, 4) is 11.3 Å². The molecule has 2 aromatic carbocycles. The van der Waals surface area contributed by atoms with Crippen molar-refractivity contribution in [3.05, 3.63) is 84.3 Å². The van der Waals surface area contributed by atoms with Crippen LogP contribution in [0.2, 0.25) is 0 Å². The number of carbonyl (C=O) groups is 1. The zero-order valence-electron chi connectivity index (χ0n) is 21.7. The SMILES string of the molecule is CC(C)(C)[C@H](c1nc(-c2cccc(F)c2)cn1Cc1ccccc1)N(C[C@@H](F)CN)C(=O)Cn1cnnn1. The largest absolute Gasteiger partial charge is 0.328 e. The Morgan fingerprint density at radius 3 is 2.53 bits per heavy atom. The maximum atomic E-state index is 14.8. The smallest absolute Gasteiger partial charge is 0.245 e. The van der Waals surface area contributed by atoms with Gasteiger partial charge in [0.05, 0.1) is 18.3 Å². The van der Waals surface area contributed by atoms with E-state index in [4.69, 9.17) is 10.7 Å². The summed E-state index contributed by atoms with van der Waals surface area (Å²) in [5.41, 5.74) is 7.22. The zero-order valence-corrected chi connectivity index (χ0v) is 21.7. The molecule has 200 valence electrons. The summed E-state index contributed by atoms with van der Waals surface area (Å²) in [7, 11) is 0. The van der Waals surface area contributed by atoms with Crippen LogP contribution in [0.1, 0.15) is 38.2 Å². The van der Waals surface area contributed by atoms with E-state index in [-0.39, 0.29) is 31.4 Å². The van der Waals surface area contributed by atoms with Crippen LogP contribution in [-0.4, -0.2) is 59.8 Å². The van der Waals surface area contributed by atoms with Crippen LogP contribution in [0.4, 0.5) is 8.78 Å². The van der Waals surface area contributed by atoms with Gasteiger partial charge in [-0.1, -0.05) is 63.2 Å². The number of nitrogens with two attached hydrogens (primary N) is 1. The highest BCUT2D eigenvalue weighted by molar-refractivity contribution is 5.76. The van der Waals surface area contributed by atoms with Crippen LogP contribution in [0.25, 0.3) is 11.3 Å². The Labute approximate surface area is 220 Å². The molecule has 0 aliphatic carbocycles. The monoisotopic (exact) mass is 522 g/mol. The third-order valence-corrected chi connectivity index (χ3v) is 6.16. The van der Waals surface area contributed by atoms with Gasteiger partial charge in [0, 0.05) is 24.8 Å². The second-order valence-corrected chi connectivity index (χ2v) is 10.3. The molecule has 0 spiro atoms. The molecule has 0 bridgehead atoms. The Bertz CT molecular complexity index is 1330. The van der Waals surface area contributed by atoms with E-state index in [1.807, 2.05) is 61.9 Å². The molecule has 4 aromatic rings. The van der Waals surface area contributed by atoms with Gasteiger partial charge in [0.15, 0.2) is 0 Å². The maximum Gasteiger partial charge on any atom is 0.245 e. The highest BCUT2D eigenvalue weighted by Gasteiger charge is 2.39. The van der Waals surface area contributed by atoms with E-state index in [1.54, 1.807) is 12.1 Å². The van der Waals surface area contributed by atoms with Crippen molar-refractivity contribution in [2.75, 3.05) is 13.1 Å². The van der Waals surface area contributed by atoms with Crippen LogP contribution in [0.5, 0.6) is 0 Å². The van der Waals surface area contributed by atoms with Gasteiger partial charge >= 0.3 is 0 Å². The summed E-state index contributed by atoms with van der Waals surface area (Å²) in [4.78, 5) is 20.0. The molecule has 0 fully saturated rings. The Kier molecular flexibility index (Phi) is 8.26. The third kappa shape index (κ3) is 6.46. The molecule has 9 nitrogen and oxygen atoms in total. The highest BCUT2D eigenvalue weighted by Crippen LogP contribution is 2.39. The fourth-order valence-electron chi connectivity index (χ4n) is 4.46. The first kappa shape index (κ1) is 27.1. The average molecular weight is 523 g/mol. The quantitative estimate of drug-likeness (QED) is 0.341. The van der Waals surface area contributed by atoms with E-state index in [0.29, 0.717) is 23.6 Å². The molecule has 1 amide bonds. The number of hydrogen-bond acceptors (Lipinski definition) is 6. The van der Waals surface area contributed by atoms with Crippen LogP contribution in [-0.2, 0) is 17.9 Å². The van der Waals surface area contributed by atoms with Gasteiger partial charge in [-0.15, -0.1) is 5.10 Å². The molecule has 0 unspecified atom stereocenters. The molecule has 0 saturated carbocycles. The summed E-state index contributed by atoms with van der Waals surface area (Å²) in [5.74, 6) is -0.208. The van der Waals surface area contributed by atoms with Gasteiger partial charge in [-0.3, -0.25) is 4.79 Å². The molecule has 0 aliphatic heterocycles. The summed E-state index contributed by atoms with van der Waals surface area (Å²) in [6.07, 6.45) is 1.73. The van der Waals surface area contributed by atoms with Crippen LogP contribution in [0, 0.1) is 11.2 Å². The standard InChI is InChI=1S/C27H32F2N8O/c1-27(2,3)25(37(15-22(29)13-30)24(38)17-36-18-31-33-34-36)26-32-23(20-10-7-11-21(28)12-20)16-35(26)14-19-8-5-4-6-9-19/h4-12,16,18,22,25H,13-15,17,30H2,1-3H3/t22-,25-/m0/s1. The number of imidazole rings is 1. The minimum absolute atomic E-state index is 0.174. The molecule has 2 N–H and O–H groups in total. The van der Waals surface area contributed by atoms with Gasteiger partial charge in [-0.05, 0) is 33.5 Å². The van der Waals surface area contributed by atoms with Crippen LogP contribution in [0.15, 0.2) is 67.1 Å². The van der Waals surface area contributed by atoms with Crippen LogP contribution < -0.4 is 5.73 Å². The van der Waals surface area contributed by atoms with Crippen molar-refractivity contribution in [2.45, 2.75) is 46.1 Å². The van der Waals surface area contributed by atoms with Crippen LogP contribution in [0.3, 0.4) is 0 Å². The second-order valence-electron chi connectivity index (χ2n) is 10.3. The predicted molar refractivity (Wildman–Crippen MR) is 139 cm³/mol. The van der Waals surface area contributed by atoms with Gasteiger partial charge in [-0.25, -0.2) is 18.4 Å². The third-order valence-electron chi connectivity index (χ3n) is 6.16. The fraction of sp³-hybridized carbons (Fsp3) is 0.370. The molecule has 38 heavy (non-hydrogen) atoms. The second kappa shape index (κ2) is 11.6. The number of aromatic nitrogens is 6. The highest BCUT2D eigenvalue weighted by atomic mass is 19.1. The minimum atomic E-state index is -1.45. The van der Waals surface area contributed by atoms with Gasteiger partial charge in [0.25, 0.3) is 0 Å². The maximum absolute atomic E-state index is 14.8. The predicted octanol–water partition coefficient (Wildman–Crippen LogP) is 3.64. The number of tetrazole rings is 1. The first-order valence-corrected chi connectivity index (χ1v) is 12.4. The molecular formula is C27H32F2N8O. The average Bonchev–Trinajstić information content (AvgIpc) is 3.53. The first-order valence-electron chi connectivity index (χ1n) is 12.4. The van der Waals surface area contributed by atoms with E-state index in [2.05, 4.69) is 15.5 Å². The van der Waals surface area contributed by atoms with E-state index in [1.165, 1.54) is 28.0 Å². The lowest BCUT2D eigenvalue weighted by Crippen LogP contribution is -2.47. The van der Waals surface area contributed by atoms with E-state index in [9.17, 15) is 13.6 Å². The van der Waals surface area contributed by atoms with Gasteiger partial charge in [-0.2, -0.15) is 0 Å². The summed E-state index contributed by atoms with van der Waals surface area (Å²) in [6, 6.07) is 15.3. The van der Waals surface area contributed by atoms with Crippen molar-refractivity contribution in [3.63, 3.8) is 0 Å². The Balaban J connectivity index is 1.84. The lowest BCUT2D eigenvalue weighted by Gasteiger charge is -2.40. The normalized spacial score (nSPS) is 13.3. The Morgan fingerprint density at radius 2 is 1.89 bits per heavy atom. The number of hydrogen-bond donors (Lipinski definition) is 1. The number of rotatable bonds is 10. The van der Waals surface area contributed by atoms with Crippen molar-refractivity contribution in [1.29, 1.82) is 0 Å². The number of halogens is 2. The van der Waals surface area contributed by atoms with Crippen molar-refractivity contribution in [2.24, 2.45) is 11.1 Å². The molecule has 2 atom stereocenters. The molecule has 2 aromatic heterocycles. The lowest BCUT2D eigenvalue weighted by molar-refractivity contribution is -0.138. The molecule has 11 heteroatoms. The Morgan fingerprint density at radius 1 is 1.13 bits per heavy atom. The molecular weight excluding hydrogens is 490 g/mol. The molecule has 0 radical (unpaired) electrons. The summed E-state index contributed by atoms with van der Waals surface area (Å²) < 4.78 is 32.1. The van der Waals surface area contributed by atoms with Crippen molar-refractivity contribution < 1.29 is 13.6 Å². The van der Waals surface area contributed by atoms with Gasteiger partial charge in [0.1, 0.15) is 30.7 Å². The first-order chi connectivity index (χ1) is 18.2. The minimum Gasteiger partial charge on any atom is -0.328 e. The van der Waals surface area contributed by atoms with Gasteiger partial charge < -0.3 is 15.2 Å². The molecule has 0 saturated heterocycles. The topological polar surface area (TPSA) is 108 Å². The van der Waals surface area contributed by atoms with E-state index < -0.39 is 17.6 Å². The summed E-state index contributed by atoms with van der Waals surface area (Å²) in [5, 5.41) is 11.0. The molecule has 4 rings (SSSR count). The van der Waals surface area contributed by atoms with E-state index in [0.717, 1.165) is 5.56 Å². The molecule has 0 aliphatic rings. The summed E-state index contributed by atoms with van der Waals surface area (Å²) in [6.45, 7) is 5.71. The molecule has 2 heterocycles. The number of alkyl halides is 1. The zero-order chi connectivity index (χ0) is 27.3.